The Morgan fingerprint density at radius 2 is 2.21 bits per heavy atom. The van der Waals surface area contributed by atoms with Gasteiger partial charge in [0, 0.05) is 17.6 Å². The van der Waals surface area contributed by atoms with Crippen LogP contribution in [0.2, 0.25) is 0 Å². The third kappa shape index (κ3) is 1.61. The molecule has 2 N–H and O–H groups in total. The molecule has 0 spiro atoms. The zero-order chi connectivity index (χ0) is 9.97. The van der Waals surface area contributed by atoms with Gasteiger partial charge < -0.3 is 5.73 Å². The van der Waals surface area contributed by atoms with Crippen molar-refractivity contribution in [2.75, 3.05) is 0 Å². The molecule has 0 radical (unpaired) electrons. The Morgan fingerprint density at radius 1 is 1.36 bits per heavy atom. The molecule has 0 aliphatic rings. The maximum atomic E-state index is 5.96. The fourth-order valence-corrected chi connectivity index (χ4v) is 1.56. The summed E-state index contributed by atoms with van der Waals surface area (Å²) in [6.45, 7) is 2.10. The first-order valence-electron chi connectivity index (χ1n) is 4.91. The zero-order valence-corrected chi connectivity index (χ0v) is 8.27. The second-order valence-electron chi connectivity index (χ2n) is 3.47. The van der Waals surface area contributed by atoms with Gasteiger partial charge in [-0.3, -0.25) is 4.98 Å². The molecule has 2 rings (SSSR count). The van der Waals surface area contributed by atoms with Crippen molar-refractivity contribution in [3.63, 3.8) is 0 Å². The Morgan fingerprint density at radius 3 is 3.00 bits per heavy atom. The van der Waals surface area contributed by atoms with Gasteiger partial charge in [-0.05, 0) is 30.2 Å². The molecule has 1 aromatic heterocycles. The van der Waals surface area contributed by atoms with Gasteiger partial charge in [0.1, 0.15) is 0 Å². The molecule has 0 aliphatic carbocycles. The van der Waals surface area contributed by atoms with Gasteiger partial charge in [0.2, 0.25) is 0 Å². The summed E-state index contributed by atoms with van der Waals surface area (Å²) in [5, 5.41) is 1.16. The summed E-state index contributed by atoms with van der Waals surface area (Å²) in [6.07, 6.45) is 2.77. The number of hydrogen-bond donors (Lipinski definition) is 1. The van der Waals surface area contributed by atoms with Crippen molar-refractivity contribution in [1.82, 2.24) is 4.98 Å². The molecule has 0 saturated heterocycles. The zero-order valence-electron chi connectivity index (χ0n) is 8.27. The second kappa shape index (κ2) is 3.76. The number of hydrogen-bond acceptors (Lipinski definition) is 2. The predicted molar refractivity (Wildman–Crippen MR) is 59.0 cm³/mol. The van der Waals surface area contributed by atoms with E-state index in [2.05, 4.69) is 30.1 Å². The van der Waals surface area contributed by atoms with Crippen LogP contribution in [0.5, 0.6) is 0 Å². The summed E-state index contributed by atoms with van der Waals surface area (Å²) in [5.41, 5.74) is 8.18. The summed E-state index contributed by atoms with van der Waals surface area (Å²) in [4.78, 5) is 4.27. The van der Waals surface area contributed by atoms with Crippen LogP contribution in [0.1, 0.15) is 24.9 Å². The minimum absolute atomic E-state index is 0.139. The number of pyridine rings is 1. The highest BCUT2D eigenvalue weighted by Crippen LogP contribution is 2.19. The lowest BCUT2D eigenvalue weighted by atomic mass is 10.0. The second-order valence-corrected chi connectivity index (χ2v) is 3.47. The van der Waals surface area contributed by atoms with Crippen molar-refractivity contribution in [3.8, 4) is 0 Å². The van der Waals surface area contributed by atoms with Gasteiger partial charge in [0.05, 0.1) is 5.52 Å². The van der Waals surface area contributed by atoms with E-state index in [1.54, 1.807) is 0 Å². The van der Waals surface area contributed by atoms with Gasteiger partial charge in [-0.1, -0.05) is 19.1 Å². The van der Waals surface area contributed by atoms with Crippen LogP contribution in [-0.2, 0) is 0 Å². The van der Waals surface area contributed by atoms with Gasteiger partial charge in [-0.15, -0.1) is 0 Å². The molecule has 2 nitrogen and oxygen atoms in total. The van der Waals surface area contributed by atoms with Crippen LogP contribution in [0.25, 0.3) is 10.9 Å². The van der Waals surface area contributed by atoms with Crippen LogP contribution in [0, 0.1) is 0 Å². The largest absolute Gasteiger partial charge is 0.324 e. The van der Waals surface area contributed by atoms with E-state index in [9.17, 15) is 0 Å². The molecule has 0 aliphatic heterocycles. The van der Waals surface area contributed by atoms with Gasteiger partial charge >= 0.3 is 0 Å². The first-order valence-corrected chi connectivity index (χ1v) is 4.91. The number of fused-ring (bicyclic) bond motifs is 1. The lowest BCUT2D eigenvalue weighted by molar-refractivity contribution is 0.699. The molecule has 14 heavy (non-hydrogen) atoms. The molecule has 1 aromatic carbocycles. The van der Waals surface area contributed by atoms with Gasteiger partial charge in [0.15, 0.2) is 0 Å². The lowest BCUT2D eigenvalue weighted by Gasteiger charge is -2.09. The molecular weight excluding hydrogens is 172 g/mol. The first-order chi connectivity index (χ1) is 6.81. The standard InChI is InChI=1S/C12H14N2/c1-2-11(13)9-5-6-12-10(8-9)4-3-7-14-12/h3-8,11H,2,13H2,1H3/t11-/m0/s1. The smallest absolute Gasteiger partial charge is 0.0702 e. The highest BCUT2D eigenvalue weighted by atomic mass is 14.6. The third-order valence-electron chi connectivity index (χ3n) is 2.50. The molecule has 0 fully saturated rings. The van der Waals surface area contributed by atoms with Crippen LogP contribution in [0.15, 0.2) is 36.5 Å². The molecule has 1 heterocycles. The van der Waals surface area contributed by atoms with E-state index in [0.717, 1.165) is 17.3 Å². The number of nitrogens with zero attached hydrogens (tertiary/aromatic N) is 1. The topological polar surface area (TPSA) is 38.9 Å². The SMILES string of the molecule is CC[C@H](N)c1ccc2ncccc2c1. The lowest BCUT2D eigenvalue weighted by Crippen LogP contribution is -2.08. The van der Waals surface area contributed by atoms with Crippen molar-refractivity contribution in [2.24, 2.45) is 5.73 Å². The first kappa shape index (κ1) is 9.16. The summed E-state index contributed by atoms with van der Waals surface area (Å²) in [5.74, 6) is 0. The molecular formula is C12H14N2. The Labute approximate surface area is 83.8 Å². The maximum Gasteiger partial charge on any atom is 0.0702 e. The fourth-order valence-electron chi connectivity index (χ4n) is 1.56. The molecule has 0 saturated carbocycles. The van der Waals surface area contributed by atoms with E-state index < -0.39 is 0 Å². The molecule has 0 amide bonds. The van der Waals surface area contributed by atoms with Crippen LogP contribution >= 0.6 is 0 Å². The van der Waals surface area contributed by atoms with Gasteiger partial charge in [0.25, 0.3) is 0 Å². The van der Waals surface area contributed by atoms with E-state index in [0.29, 0.717) is 0 Å². The normalized spacial score (nSPS) is 13.0. The van der Waals surface area contributed by atoms with E-state index >= 15 is 0 Å². The molecule has 2 aromatic rings. The summed E-state index contributed by atoms with van der Waals surface area (Å²) in [7, 11) is 0. The van der Waals surface area contributed by atoms with E-state index in [-0.39, 0.29) is 6.04 Å². The van der Waals surface area contributed by atoms with Crippen LogP contribution in [0.3, 0.4) is 0 Å². The molecule has 2 heteroatoms. The highest BCUT2D eigenvalue weighted by molar-refractivity contribution is 5.79. The quantitative estimate of drug-likeness (QED) is 0.783. The maximum absolute atomic E-state index is 5.96. The summed E-state index contributed by atoms with van der Waals surface area (Å²) < 4.78 is 0. The number of benzene rings is 1. The van der Waals surface area contributed by atoms with E-state index in [1.807, 2.05) is 18.3 Å². The fraction of sp³-hybridized carbons (Fsp3) is 0.250. The highest BCUT2D eigenvalue weighted by Gasteiger charge is 2.03. The van der Waals surface area contributed by atoms with Crippen LogP contribution in [-0.4, -0.2) is 4.98 Å². The minimum Gasteiger partial charge on any atom is -0.324 e. The number of aromatic nitrogens is 1. The Kier molecular flexibility index (Phi) is 2.46. The predicted octanol–water partition coefficient (Wildman–Crippen LogP) is 2.64. The number of nitrogens with two attached hydrogens (primary N) is 1. The van der Waals surface area contributed by atoms with Crippen molar-refractivity contribution in [1.29, 1.82) is 0 Å². The van der Waals surface area contributed by atoms with Gasteiger partial charge in [-0.2, -0.15) is 0 Å². The summed E-state index contributed by atoms with van der Waals surface area (Å²) in [6, 6.07) is 10.4. The number of rotatable bonds is 2. The average Bonchev–Trinajstić information content (AvgIpc) is 2.27. The third-order valence-corrected chi connectivity index (χ3v) is 2.50. The minimum atomic E-state index is 0.139. The molecule has 0 bridgehead atoms. The van der Waals surface area contributed by atoms with Crippen molar-refractivity contribution in [3.05, 3.63) is 42.1 Å². The van der Waals surface area contributed by atoms with Crippen molar-refractivity contribution < 1.29 is 0 Å². The molecule has 0 unspecified atom stereocenters. The average molecular weight is 186 g/mol. The van der Waals surface area contributed by atoms with Crippen molar-refractivity contribution in [2.45, 2.75) is 19.4 Å². The van der Waals surface area contributed by atoms with E-state index in [1.165, 1.54) is 5.56 Å². The van der Waals surface area contributed by atoms with E-state index in [4.69, 9.17) is 5.73 Å². The summed E-state index contributed by atoms with van der Waals surface area (Å²) >= 11 is 0. The Bertz CT molecular complexity index is 437. The monoisotopic (exact) mass is 186 g/mol. The van der Waals surface area contributed by atoms with Crippen LogP contribution < -0.4 is 5.73 Å². The van der Waals surface area contributed by atoms with Gasteiger partial charge in [-0.25, -0.2) is 0 Å². The van der Waals surface area contributed by atoms with Crippen LogP contribution in [0.4, 0.5) is 0 Å². The van der Waals surface area contributed by atoms with Crippen molar-refractivity contribution >= 4 is 10.9 Å². The molecule has 72 valence electrons. The Hall–Kier alpha value is -1.41. The Balaban J connectivity index is 2.51. The molecule has 1 atom stereocenters.